The fraction of sp³-hybridized carbons (Fsp3) is 1.00. The Kier molecular flexibility index (Phi) is 4.42. The molecule has 0 amide bonds. The second kappa shape index (κ2) is 5.83. The number of rotatable bonds is 4. The Morgan fingerprint density at radius 3 is 2.33 bits per heavy atom. The Hall–Kier alpha value is -0.120. The van der Waals surface area contributed by atoms with Crippen molar-refractivity contribution in [2.45, 2.75) is 57.3 Å². The average Bonchev–Trinajstić information content (AvgIpc) is 2.71. The number of hydrogen-bond acceptors (Lipinski definition) is 3. The van der Waals surface area contributed by atoms with Crippen molar-refractivity contribution in [3.8, 4) is 0 Å². The van der Waals surface area contributed by atoms with Crippen LogP contribution in [0.3, 0.4) is 0 Å². The van der Waals surface area contributed by atoms with E-state index in [1.54, 1.807) is 0 Å². The van der Waals surface area contributed by atoms with Crippen LogP contribution in [0.4, 0.5) is 0 Å². The van der Waals surface area contributed by atoms with E-state index in [9.17, 15) is 5.11 Å². The number of hydrogen-bond donors (Lipinski definition) is 1. The molecule has 1 aliphatic carbocycles. The smallest absolute Gasteiger partial charge is 0.160 e. The zero-order valence-corrected chi connectivity index (χ0v) is 9.36. The molecule has 3 nitrogen and oxygen atoms in total. The van der Waals surface area contributed by atoms with Gasteiger partial charge >= 0.3 is 0 Å². The molecule has 0 aromatic rings. The molecule has 1 heterocycles. The molecule has 1 atom stereocenters. The second-order valence-corrected chi connectivity index (χ2v) is 4.80. The van der Waals surface area contributed by atoms with Gasteiger partial charge in [-0.25, -0.2) is 0 Å². The van der Waals surface area contributed by atoms with Gasteiger partial charge in [-0.1, -0.05) is 32.1 Å². The fourth-order valence-electron chi connectivity index (χ4n) is 2.67. The molecule has 2 fully saturated rings. The monoisotopic (exact) mass is 214 g/mol. The van der Waals surface area contributed by atoms with Crippen LogP contribution in [0.2, 0.25) is 0 Å². The van der Waals surface area contributed by atoms with Gasteiger partial charge in [0.15, 0.2) is 6.29 Å². The standard InChI is InChI=1S/C12H22O3/c13-11(9-12-14-6-7-15-12)8-10-4-2-1-3-5-10/h10-13H,1-9H2. The molecule has 1 saturated heterocycles. The number of aliphatic hydroxyl groups excluding tert-OH is 1. The molecule has 0 aromatic heterocycles. The molecule has 0 spiro atoms. The Labute approximate surface area is 91.8 Å². The van der Waals surface area contributed by atoms with Crippen LogP contribution in [0.15, 0.2) is 0 Å². The first-order chi connectivity index (χ1) is 7.34. The van der Waals surface area contributed by atoms with Crippen LogP contribution in [-0.2, 0) is 9.47 Å². The van der Waals surface area contributed by atoms with E-state index in [4.69, 9.17) is 9.47 Å². The van der Waals surface area contributed by atoms with Gasteiger partial charge in [-0.15, -0.1) is 0 Å². The lowest BCUT2D eigenvalue weighted by atomic mass is 9.85. The fourth-order valence-corrected chi connectivity index (χ4v) is 2.67. The van der Waals surface area contributed by atoms with Gasteiger partial charge in [-0.05, 0) is 12.3 Å². The summed E-state index contributed by atoms with van der Waals surface area (Å²) in [5.41, 5.74) is 0. The third-order valence-corrected chi connectivity index (χ3v) is 3.49. The van der Waals surface area contributed by atoms with Gasteiger partial charge < -0.3 is 14.6 Å². The molecule has 1 aliphatic heterocycles. The van der Waals surface area contributed by atoms with E-state index in [1.165, 1.54) is 32.1 Å². The summed E-state index contributed by atoms with van der Waals surface area (Å²) in [4.78, 5) is 0. The van der Waals surface area contributed by atoms with Crippen LogP contribution in [0.25, 0.3) is 0 Å². The maximum absolute atomic E-state index is 9.90. The van der Waals surface area contributed by atoms with Crippen LogP contribution < -0.4 is 0 Å². The number of aliphatic hydroxyl groups is 1. The molecule has 0 aromatic carbocycles. The van der Waals surface area contributed by atoms with Gasteiger partial charge in [-0.2, -0.15) is 0 Å². The van der Waals surface area contributed by atoms with Crippen LogP contribution in [0.5, 0.6) is 0 Å². The summed E-state index contributed by atoms with van der Waals surface area (Å²) < 4.78 is 10.7. The van der Waals surface area contributed by atoms with E-state index < -0.39 is 0 Å². The molecular formula is C12H22O3. The van der Waals surface area contributed by atoms with Crippen molar-refractivity contribution in [3.05, 3.63) is 0 Å². The summed E-state index contributed by atoms with van der Waals surface area (Å²) in [5, 5.41) is 9.90. The quantitative estimate of drug-likeness (QED) is 0.778. The Bertz CT molecular complexity index is 172. The first-order valence-electron chi connectivity index (χ1n) is 6.26. The van der Waals surface area contributed by atoms with E-state index in [-0.39, 0.29) is 12.4 Å². The van der Waals surface area contributed by atoms with Crippen LogP contribution in [0.1, 0.15) is 44.9 Å². The highest BCUT2D eigenvalue weighted by Crippen LogP contribution is 2.28. The topological polar surface area (TPSA) is 38.7 Å². The Morgan fingerprint density at radius 1 is 1.00 bits per heavy atom. The highest BCUT2D eigenvalue weighted by atomic mass is 16.7. The minimum Gasteiger partial charge on any atom is -0.393 e. The second-order valence-electron chi connectivity index (χ2n) is 4.80. The summed E-state index contributed by atoms with van der Waals surface area (Å²) in [5.74, 6) is 0.732. The molecule has 3 heteroatoms. The minimum atomic E-state index is -0.240. The van der Waals surface area contributed by atoms with Crippen molar-refractivity contribution < 1.29 is 14.6 Å². The van der Waals surface area contributed by atoms with Gasteiger partial charge in [0.05, 0.1) is 19.3 Å². The normalized spacial score (nSPS) is 27.0. The van der Waals surface area contributed by atoms with Gasteiger partial charge in [0.2, 0.25) is 0 Å². The molecule has 88 valence electrons. The molecule has 15 heavy (non-hydrogen) atoms. The predicted molar refractivity (Wildman–Crippen MR) is 57.5 cm³/mol. The van der Waals surface area contributed by atoms with E-state index in [2.05, 4.69) is 0 Å². The molecular weight excluding hydrogens is 192 g/mol. The van der Waals surface area contributed by atoms with Crippen molar-refractivity contribution in [1.29, 1.82) is 0 Å². The summed E-state index contributed by atoms with van der Waals surface area (Å²) in [7, 11) is 0. The van der Waals surface area contributed by atoms with Crippen molar-refractivity contribution in [2.75, 3.05) is 13.2 Å². The lowest BCUT2D eigenvalue weighted by Crippen LogP contribution is -2.22. The summed E-state index contributed by atoms with van der Waals surface area (Å²) >= 11 is 0. The van der Waals surface area contributed by atoms with Gasteiger partial charge in [0.1, 0.15) is 0 Å². The summed E-state index contributed by atoms with van der Waals surface area (Å²) in [6.07, 6.45) is 7.84. The first-order valence-corrected chi connectivity index (χ1v) is 6.26. The van der Waals surface area contributed by atoms with E-state index in [0.29, 0.717) is 19.6 Å². The first kappa shape index (κ1) is 11.4. The van der Waals surface area contributed by atoms with E-state index in [1.807, 2.05) is 0 Å². The van der Waals surface area contributed by atoms with Gasteiger partial charge in [-0.3, -0.25) is 0 Å². The summed E-state index contributed by atoms with van der Waals surface area (Å²) in [6.45, 7) is 1.36. The molecule has 1 saturated carbocycles. The number of ether oxygens (including phenoxy) is 2. The maximum Gasteiger partial charge on any atom is 0.160 e. The SMILES string of the molecule is OC(CC1CCCCC1)CC1OCCO1. The van der Waals surface area contributed by atoms with Crippen LogP contribution in [0, 0.1) is 5.92 Å². The lowest BCUT2D eigenvalue weighted by molar-refractivity contribution is -0.0735. The van der Waals surface area contributed by atoms with Crippen LogP contribution >= 0.6 is 0 Å². The Morgan fingerprint density at radius 2 is 1.67 bits per heavy atom. The highest BCUT2D eigenvalue weighted by Gasteiger charge is 2.23. The molecule has 0 bridgehead atoms. The molecule has 1 N–H and O–H groups in total. The Balaban J connectivity index is 1.64. The van der Waals surface area contributed by atoms with Gasteiger partial charge in [0.25, 0.3) is 0 Å². The molecule has 2 aliphatic rings. The predicted octanol–water partition coefficient (Wildman–Crippen LogP) is 2.08. The molecule has 1 unspecified atom stereocenters. The lowest BCUT2D eigenvalue weighted by Gasteiger charge is -2.24. The minimum absolute atomic E-state index is 0.149. The third-order valence-electron chi connectivity index (χ3n) is 3.49. The van der Waals surface area contributed by atoms with Crippen molar-refractivity contribution in [3.63, 3.8) is 0 Å². The highest BCUT2D eigenvalue weighted by molar-refractivity contribution is 4.71. The largest absolute Gasteiger partial charge is 0.393 e. The van der Waals surface area contributed by atoms with E-state index in [0.717, 1.165) is 12.3 Å². The average molecular weight is 214 g/mol. The summed E-state index contributed by atoms with van der Waals surface area (Å²) in [6, 6.07) is 0. The zero-order valence-electron chi connectivity index (χ0n) is 9.36. The zero-order chi connectivity index (χ0) is 10.5. The van der Waals surface area contributed by atoms with Crippen molar-refractivity contribution in [2.24, 2.45) is 5.92 Å². The maximum atomic E-state index is 9.90. The van der Waals surface area contributed by atoms with Gasteiger partial charge in [0, 0.05) is 6.42 Å². The van der Waals surface area contributed by atoms with Crippen molar-refractivity contribution >= 4 is 0 Å². The molecule has 2 rings (SSSR count). The third kappa shape index (κ3) is 3.74. The van der Waals surface area contributed by atoms with Crippen molar-refractivity contribution in [1.82, 2.24) is 0 Å². The molecule has 0 radical (unpaired) electrons. The van der Waals surface area contributed by atoms with E-state index >= 15 is 0 Å². The van der Waals surface area contributed by atoms with Crippen LogP contribution in [-0.4, -0.2) is 30.7 Å².